The molecule has 0 aliphatic heterocycles. The Morgan fingerprint density at radius 2 is 1.81 bits per heavy atom. The zero-order valence-corrected chi connectivity index (χ0v) is 17.0. The number of nitrogens with zero attached hydrogens (tertiary/aromatic N) is 2. The number of aromatic nitrogens is 2. The van der Waals surface area contributed by atoms with Crippen LogP contribution in [0.25, 0.3) is 0 Å². The van der Waals surface area contributed by atoms with E-state index in [1.54, 1.807) is 6.92 Å². The predicted molar refractivity (Wildman–Crippen MR) is 102 cm³/mol. The first-order valence-corrected chi connectivity index (χ1v) is 9.56. The van der Waals surface area contributed by atoms with Crippen molar-refractivity contribution in [3.63, 3.8) is 0 Å². The van der Waals surface area contributed by atoms with E-state index in [0.717, 1.165) is 25.0 Å². The molecule has 12 heteroatoms. The van der Waals surface area contributed by atoms with Gasteiger partial charge in [0.25, 0.3) is 5.91 Å². The van der Waals surface area contributed by atoms with Crippen molar-refractivity contribution in [2.45, 2.75) is 45.0 Å². The Morgan fingerprint density at radius 3 is 2.44 bits per heavy atom. The van der Waals surface area contributed by atoms with Gasteiger partial charge in [0.2, 0.25) is 11.9 Å². The van der Waals surface area contributed by atoms with Crippen molar-refractivity contribution in [1.29, 1.82) is 0 Å². The summed E-state index contributed by atoms with van der Waals surface area (Å²) >= 11 is 0. The number of nitrogens with one attached hydrogen (secondary N) is 2. The SMILES string of the molecule is Cc1cc(C(=O)NC(C)c2cccc(OC(F)(F)C(F)(F)F)c2)nc(NC(=O)C2CC2)n1. The van der Waals surface area contributed by atoms with E-state index in [1.807, 2.05) is 0 Å². The number of hydrogen-bond donors (Lipinski definition) is 2. The van der Waals surface area contributed by atoms with E-state index >= 15 is 0 Å². The minimum absolute atomic E-state index is 0.0236. The Bertz CT molecular complexity index is 1020. The summed E-state index contributed by atoms with van der Waals surface area (Å²) in [7, 11) is 0. The third-order valence-corrected chi connectivity index (χ3v) is 4.55. The number of aryl methyl sites for hydroxylation is 1. The van der Waals surface area contributed by atoms with Crippen LogP contribution in [0.4, 0.5) is 27.9 Å². The van der Waals surface area contributed by atoms with Gasteiger partial charge < -0.3 is 10.1 Å². The molecule has 1 saturated carbocycles. The fraction of sp³-hybridized carbons (Fsp3) is 0.400. The molecule has 1 aliphatic carbocycles. The fourth-order valence-electron chi connectivity index (χ4n) is 2.71. The van der Waals surface area contributed by atoms with Crippen LogP contribution in [0.5, 0.6) is 5.75 Å². The molecule has 0 bridgehead atoms. The van der Waals surface area contributed by atoms with Crippen molar-refractivity contribution >= 4 is 17.8 Å². The molecule has 1 aliphatic rings. The summed E-state index contributed by atoms with van der Waals surface area (Å²) in [5.74, 6) is -1.71. The molecule has 1 aromatic heterocycles. The highest BCUT2D eigenvalue weighted by Crippen LogP contribution is 2.37. The summed E-state index contributed by atoms with van der Waals surface area (Å²) < 4.78 is 67.2. The van der Waals surface area contributed by atoms with Crippen molar-refractivity contribution < 1.29 is 36.3 Å². The summed E-state index contributed by atoms with van der Waals surface area (Å²) in [5.41, 5.74) is 0.599. The number of rotatable bonds is 7. The smallest absolute Gasteiger partial charge is 0.426 e. The molecular formula is C20H19F5N4O3. The van der Waals surface area contributed by atoms with Crippen LogP contribution in [-0.4, -0.2) is 34.1 Å². The monoisotopic (exact) mass is 458 g/mol. The number of hydrogen-bond acceptors (Lipinski definition) is 5. The van der Waals surface area contributed by atoms with Gasteiger partial charge in [-0.05, 0) is 50.5 Å². The Hall–Kier alpha value is -3.31. The zero-order valence-electron chi connectivity index (χ0n) is 17.0. The molecule has 1 heterocycles. The molecule has 1 unspecified atom stereocenters. The maximum absolute atomic E-state index is 13.1. The largest absolute Gasteiger partial charge is 0.499 e. The summed E-state index contributed by atoms with van der Waals surface area (Å²) in [6.07, 6.45) is -9.68. The minimum atomic E-state index is -5.87. The molecule has 172 valence electrons. The van der Waals surface area contributed by atoms with E-state index < -0.39 is 30.0 Å². The van der Waals surface area contributed by atoms with Gasteiger partial charge in [0.15, 0.2) is 0 Å². The van der Waals surface area contributed by atoms with E-state index in [9.17, 15) is 31.5 Å². The van der Waals surface area contributed by atoms with Crippen LogP contribution in [-0.2, 0) is 4.79 Å². The lowest BCUT2D eigenvalue weighted by Gasteiger charge is -2.21. The van der Waals surface area contributed by atoms with Crippen LogP contribution in [0.1, 0.15) is 47.6 Å². The first kappa shape index (κ1) is 23.4. The van der Waals surface area contributed by atoms with E-state index in [-0.39, 0.29) is 29.0 Å². The van der Waals surface area contributed by atoms with Gasteiger partial charge in [-0.15, -0.1) is 0 Å². The highest BCUT2D eigenvalue weighted by atomic mass is 19.4. The van der Waals surface area contributed by atoms with Gasteiger partial charge in [0.1, 0.15) is 11.4 Å². The van der Waals surface area contributed by atoms with Gasteiger partial charge >= 0.3 is 12.3 Å². The third kappa shape index (κ3) is 5.68. The summed E-state index contributed by atoms with van der Waals surface area (Å²) in [6, 6.07) is 5.16. The second kappa shape index (κ2) is 8.67. The maximum atomic E-state index is 13.1. The lowest BCUT2D eigenvalue weighted by atomic mass is 10.1. The quantitative estimate of drug-likeness (QED) is 0.608. The number of ether oxygens (including phenoxy) is 1. The van der Waals surface area contributed by atoms with Gasteiger partial charge in [-0.2, -0.15) is 22.0 Å². The van der Waals surface area contributed by atoms with E-state index in [0.29, 0.717) is 5.69 Å². The zero-order chi connectivity index (χ0) is 23.7. The number of carbonyl (C=O) groups excluding carboxylic acids is 2. The standard InChI is InChI=1S/C20H19F5N4O3/c1-10-8-15(28-18(26-10)29-16(30)12-6-7-12)17(31)27-11(2)13-4-3-5-14(9-13)32-20(24,25)19(21,22)23/h3-5,8-9,11-12H,6-7H2,1-2H3,(H,27,31)(H,26,28,29,30). The molecule has 32 heavy (non-hydrogen) atoms. The lowest BCUT2D eigenvalue weighted by Crippen LogP contribution is -2.41. The molecule has 1 fully saturated rings. The average molecular weight is 458 g/mol. The molecule has 0 radical (unpaired) electrons. The van der Waals surface area contributed by atoms with Crippen molar-refractivity contribution in [2.75, 3.05) is 5.32 Å². The predicted octanol–water partition coefficient (Wildman–Crippen LogP) is 4.16. The number of halogens is 5. The second-order valence-electron chi connectivity index (χ2n) is 7.37. The molecule has 1 aromatic carbocycles. The Morgan fingerprint density at radius 1 is 1.12 bits per heavy atom. The number of carbonyl (C=O) groups is 2. The molecule has 7 nitrogen and oxygen atoms in total. The molecule has 0 saturated heterocycles. The van der Waals surface area contributed by atoms with Gasteiger partial charge in [-0.3, -0.25) is 14.9 Å². The Labute approximate surface area is 179 Å². The van der Waals surface area contributed by atoms with E-state index in [4.69, 9.17) is 0 Å². The molecular weight excluding hydrogens is 439 g/mol. The lowest BCUT2D eigenvalue weighted by molar-refractivity contribution is -0.360. The van der Waals surface area contributed by atoms with E-state index in [1.165, 1.54) is 25.1 Å². The van der Waals surface area contributed by atoms with Crippen molar-refractivity contribution in [1.82, 2.24) is 15.3 Å². The third-order valence-electron chi connectivity index (χ3n) is 4.55. The van der Waals surface area contributed by atoms with Crippen LogP contribution in [0.15, 0.2) is 30.3 Å². The van der Waals surface area contributed by atoms with Gasteiger partial charge in [-0.25, -0.2) is 9.97 Å². The van der Waals surface area contributed by atoms with Gasteiger partial charge in [0, 0.05) is 11.6 Å². The number of alkyl halides is 5. The summed E-state index contributed by atoms with van der Waals surface area (Å²) in [5, 5.41) is 5.11. The van der Waals surface area contributed by atoms with Crippen LogP contribution in [0, 0.1) is 12.8 Å². The molecule has 2 N–H and O–H groups in total. The van der Waals surface area contributed by atoms with Crippen molar-refractivity contribution in [3.05, 3.63) is 47.3 Å². The van der Waals surface area contributed by atoms with Gasteiger partial charge in [0.05, 0.1) is 6.04 Å². The van der Waals surface area contributed by atoms with Crippen molar-refractivity contribution in [2.24, 2.45) is 5.92 Å². The van der Waals surface area contributed by atoms with Crippen molar-refractivity contribution in [3.8, 4) is 5.75 Å². The van der Waals surface area contributed by atoms with Crippen LogP contribution >= 0.6 is 0 Å². The van der Waals surface area contributed by atoms with E-state index in [2.05, 4.69) is 25.3 Å². The number of benzene rings is 1. The molecule has 2 aromatic rings. The van der Waals surface area contributed by atoms with Crippen LogP contribution in [0.2, 0.25) is 0 Å². The molecule has 1 atom stereocenters. The molecule has 2 amide bonds. The van der Waals surface area contributed by atoms with Crippen LogP contribution < -0.4 is 15.4 Å². The highest BCUT2D eigenvalue weighted by Gasteiger charge is 2.61. The first-order chi connectivity index (χ1) is 14.9. The molecule has 0 spiro atoms. The number of anilines is 1. The number of amides is 2. The Balaban J connectivity index is 1.70. The average Bonchev–Trinajstić information content (AvgIpc) is 3.51. The highest BCUT2D eigenvalue weighted by molar-refractivity contribution is 5.95. The summed E-state index contributed by atoms with van der Waals surface area (Å²) in [4.78, 5) is 32.6. The first-order valence-electron chi connectivity index (χ1n) is 9.56. The van der Waals surface area contributed by atoms with Crippen LogP contribution in [0.3, 0.4) is 0 Å². The topological polar surface area (TPSA) is 93.2 Å². The summed E-state index contributed by atoms with van der Waals surface area (Å²) in [6.45, 7) is 3.11. The fourth-order valence-corrected chi connectivity index (χ4v) is 2.71. The normalized spacial score (nSPS) is 15.1. The Kier molecular flexibility index (Phi) is 6.33. The second-order valence-corrected chi connectivity index (χ2v) is 7.37. The molecule has 3 rings (SSSR count). The minimum Gasteiger partial charge on any atom is -0.426 e. The maximum Gasteiger partial charge on any atom is 0.499 e. The van der Waals surface area contributed by atoms with Gasteiger partial charge in [-0.1, -0.05) is 12.1 Å².